The minimum atomic E-state index is -4.46. The van der Waals surface area contributed by atoms with Gasteiger partial charge in [0.05, 0.1) is 23.4 Å². The normalized spacial score (nSPS) is 15.4. The molecule has 0 radical (unpaired) electrons. The molecule has 1 aromatic carbocycles. The number of anilines is 2. The van der Waals surface area contributed by atoms with Crippen molar-refractivity contribution in [1.82, 2.24) is 14.8 Å². The van der Waals surface area contributed by atoms with Crippen molar-refractivity contribution in [2.75, 3.05) is 17.2 Å². The van der Waals surface area contributed by atoms with Gasteiger partial charge in [0, 0.05) is 29.6 Å². The van der Waals surface area contributed by atoms with Gasteiger partial charge in [-0.1, -0.05) is 11.8 Å². The van der Waals surface area contributed by atoms with Gasteiger partial charge in [-0.15, -0.1) is 0 Å². The number of aromatic nitrogens is 3. The minimum absolute atomic E-state index is 0. The van der Waals surface area contributed by atoms with Crippen LogP contribution in [0.15, 0.2) is 42.7 Å². The summed E-state index contributed by atoms with van der Waals surface area (Å²) < 4.78 is 53.4. The summed E-state index contributed by atoms with van der Waals surface area (Å²) in [5, 5.41) is 4.24. The maximum atomic E-state index is 13.3. The highest BCUT2D eigenvalue weighted by Gasteiger charge is 2.34. The Balaban J connectivity index is 0.00000306. The van der Waals surface area contributed by atoms with Gasteiger partial charge in [-0.25, -0.2) is 9.37 Å². The van der Waals surface area contributed by atoms with Crippen LogP contribution < -0.4 is 10.6 Å². The Morgan fingerprint density at radius 1 is 1.15 bits per heavy atom. The minimum Gasteiger partial charge on any atom is -0.384 e. The SMILES string of the molecule is C[C@H]1CN(c2ccc(C(F)(F)F)cc2)C(=O)c2c(C#Cc3cnc(N)cc3CF)cnn21.S. The largest absolute Gasteiger partial charge is 0.416 e. The summed E-state index contributed by atoms with van der Waals surface area (Å²) in [7, 11) is 0. The lowest BCUT2D eigenvalue weighted by Gasteiger charge is -2.32. The number of nitrogen functional groups attached to an aromatic ring is 1. The molecule has 33 heavy (non-hydrogen) atoms. The molecule has 0 saturated heterocycles. The third-order valence-corrected chi connectivity index (χ3v) is 5.10. The maximum absolute atomic E-state index is 13.3. The molecule has 0 bridgehead atoms. The molecule has 4 rings (SSSR count). The van der Waals surface area contributed by atoms with E-state index >= 15 is 0 Å². The molecule has 0 spiro atoms. The zero-order valence-corrected chi connectivity index (χ0v) is 18.3. The molecular formula is C22H19F4N5OS. The second-order valence-electron chi connectivity index (χ2n) is 7.31. The molecule has 2 N–H and O–H groups in total. The summed E-state index contributed by atoms with van der Waals surface area (Å²) in [5.41, 5.74) is 6.25. The van der Waals surface area contributed by atoms with Gasteiger partial charge in [0.15, 0.2) is 0 Å². The van der Waals surface area contributed by atoms with Gasteiger partial charge in [-0.05, 0) is 37.3 Å². The quantitative estimate of drug-likeness (QED) is 0.446. The van der Waals surface area contributed by atoms with E-state index in [0.29, 0.717) is 16.8 Å². The van der Waals surface area contributed by atoms with Crippen molar-refractivity contribution >= 4 is 30.9 Å². The summed E-state index contributed by atoms with van der Waals surface area (Å²) in [6.45, 7) is 1.29. The molecule has 1 amide bonds. The van der Waals surface area contributed by atoms with Gasteiger partial charge in [0.1, 0.15) is 18.2 Å². The van der Waals surface area contributed by atoms with Gasteiger partial charge in [-0.2, -0.15) is 31.8 Å². The van der Waals surface area contributed by atoms with E-state index in [1.165, 1.54) is 40.2 Å². The molecule has 172 valence electrons. The fourth-order valence-electron chi connectivity index (χ4n) is 3.48. The first-order valence-electron chi connectivity index (χ1n) is 9.58. The summed E-state index contributed by atoms with van der Waals surface area (Å²) in [6, 6.07) is 5.55. The average molecular weight is 477 g/mol. The van der Waals surface area contributed by atoms with E-state index < -0.39 is 24.3 Å². The molecule has 1 atom stereocenters. The molecular weight excluding hydrogens is 458 g/mol. The van der Waals surface area contributed by atoms with Crippen LogP contribution in [0.5, 0.6) is 0 Å². The van der Waals surface area contributed by atoms with Crippen molar-refractivity contribution < 1.29 is 22.4 Å². The number of carbonyl (C=O) groups is 1. The maximum Gasteiger partial charge on any atom is 0.416 e. The third-order valence-electron chi connectivity index (χ3n) is 5.10. The number of nitrogens with two attached hydrogens (primary N) is 1. The van der Waals surface area contributed by atoms with Gasteiger partial charge in [0.2, 0.25) is 0 Å². The lowest BCUT2D eigenvalue weighted by atomic mass is 10.1. The fraction of sp³-hybridized carbons (Fsp3) is 0.227. The summed E-state index contributed by atoms with van der Waals surface area (Å²) in [5.74, 6) is 5.37. The van der Waals surface area contributed by atoms with Crippen LogP contribution in [-0.4, -0.2) is 27.2 Å². The zero-order chi connectivity index (χ0) is 23.0. The molecule has 3 heterocycles. The molecule has 11 heteroatoms. The first-order chi connectivity index (χ1) is 15.2. The van der Waals surface area contributed by atoms with Crippen LogP contribution in [0.3, 0.4) is 0 Å². The fourth-order valence-corrected chi connectivity index (χ4v) is 3.48. The molecule has 2 aromatic heterocycles. The summed E-state index contributed by atoms with van der Waals surface area (Å²) >= 11 is 0. The Morgan fingerprint density at radius 3 is 2.45 bits per heavy atom. The van der Waals surface area contributed by atoms with Crippen LogP contribution >= 0.6 is 13.5 Å². The zero-order valence-electron chi connectivity index (χ0n) is 17.3. The first kappa shape index (κ1) is 24.1. The van der Waals surface area contributed by atoms with Crippen molar-refractivity contribution in [3.63, 3.8) is 0 Å². The predicted octanol–water partition coefficient (Wildman–Crippen LogP) is 4.08. The number of amides is 1. The average Bonchev–Trinajstić information content (AvgIpc) is 3.20. The number of benzene rings is 1. The molecule has 0 fully saturated rings. The van der Waals surface area contributed by atoms with E-state index in [9.17, 15) is 22.4 Å². The van der Waals surface area contributed by atoms with Crippen LogP contribution in [0.1, 0.15) is 45.7 Å². The van der Waals surface area contributed by atoms with E-state index in [1.807, 2.05) is 6.92 Å². The molecule has 1 aliphatic heterocycles. The van der Waals surface area contributed by atoms with E-state index in [2.05, 4.69) is 21.9 Å². The van der Waals surface area contributed by atoms with E-state index in [-0.39, 0.29) is 43.2 Å². The number of fused-ring (bicyclic) bond motifs is 1. The number of pyridine rings is 1. The van der Waals surface area contributed by atoms with E-state index in [4.69, 9.17) is 5.73 Å². The lowest BCUT2D eigenvalue weighted by molar-refractivity contribution is -0.137. The van der Waals surface area contributed by atoms with Gasteiger partial charge < -0.3 is 10.6 Å². The number of halogens is 4. The van der Waals surface area contributed by atoms with Crippen LogP contribution in [0.4, 0.5) is 29.1 Å². The summed E-state index contributed by atoms with van der Waals surface area (Å²) in [4.78, 5) is 18.5. The molecule has 6 nitrogen and oxygen atoms in total. The standard InChI is InChI=1S/C22H17F4N5O.H2S/c1-13-12-30(18-6-4-17(5-7-18)22(24,25)26)21(32)20-15(11-29-31(13)20)3-2-14-10-28-19(27)8-16(14)9-23;/h4-8,10-11,13H,9,12H2,1H3,(H2,27,28);1H2/t13-;/m0./s1. The Morgan fingerprint density at radius 2 is 1.82 bits per heavy atom. The lowest BCUT2D eigenvalue weighted by Crippen LogP contribution is -2.43. The highest BCUT2D eigenvalue weighted by Crippen LogP contribution is 2.32. The van der Waals surface area contributed by atoms with Gasteiger partial charge in [0.25, 0.3) is 5.91 Å². The number of hydrogen-bond donors (Lipinski definition) is 1. The molecule has 3 aromatic rings. The van der Waals surface area contributed by atoms with Crippen molar-refractivity contribution in [3.8, 4) is 11.8 Å². The van der Waals surface area contributed by atoms with E-state index in [1.54, 1.807) is 0 Å². The number of hydrogen-bond acceptors (Lipinski definition) is 4. The molecule has 0 aliphatic carbocycles. The smallest absolute Gasteiger partial charge is 0.384 e. The second kappa shape index (κ2) is 9.15. The Labute approximate surface area is 193 Å². The summed E-state index contributed by atoms with van der Waals surface area (Å²) in [6.07, 6.45) is -1.67. The predicted molar refractivity (Wildman–Crippen MR) is 120 cm³/mol. The third kappa shape index (κ3) is 4.66. The first-order valence-corrected chi connectivity index (χ1v) is 9.58. The van der Waals surface area contributed by atoms with Gasteiger partial charge in [-0.3, -0.25) is 9.48 Å². The molecule has 0 unspecified atom stereocenters. The number of nitrogens with zero attached hydrogens (tertiary/aromatic N) is 4. The topological polar surface area (TPSA) is 77.0 Å². The van der Waals surface area contributed by atoms with Crippen LogP contribution in [-0.2, 0) is 12.9 Å². The number of alkyl halides is 4. The Bertz CT molecular complexity index is 1240. The highest BCUT2D eigenvalue weighted by atomic mass is 32.1. The number of rotatable bonds is 2. The Kier molecular flexibility index (Phi) is 6.69. The monoisotopic (exact) mass is 477 g/mol. The second-order valence-corrected chi connectivity index (χ2v) is 7.31. The van der Waals surface area contributed by atoms with Crippen molar-refractivity contribution in [2.45, 2.75) is 25.8 Å². The van der Waals surface area contributed by atoms with Crippen molar-refractivity contribution in [1.29, 1.82) is 0 Å². The molecule has 1 aliphatic rings. The van der Waals surface area contributed by atoms with Crippen molar-refractivity contribution in [2.24, 2.45) is 0 Å². The number of carbonyl (C=O) groups excluding carboxylic acids is 1. The molecule has 0 saturated carbocycles. The Hall–Kier alpha value is -3.52. The van der Waals surface area contributed by atoms with Crippen LogP contribution in [0.25, 0.3) is 0 Å². The highest BCUT2D eigenvalue weighted by molar-refractivity contribution is 7.59. The van der Waals surface area contributed by atoms with E-state index in [0.717, 1.165) is 12.1 Å². The van der Waals surface area contributed by atoms with Crippen LogP contribution in [0.2, 0.25) is 0 Å². The van der Waals surface area contributed by atoms with Crippen molar-refractivity contribution in [3.05, 3.63) is 70.7 Å². The van der Waals surface area contributed by atoms with Crippen LogP contribution in [0, 0.1) is 11.8 Å². The van der Waals surface area contributed by atoms with Gasteiger partial charge >= 0.3 is 6.18 Å².